The Balaban J connectivity index is 3.85. The summed E-state index contributed by atoms with van der Waals surface area (Å²) in [6, 6.07) is -0.995. The highest BCUT2D eigenvalue weighted by molar-refractivity contribution is 5.81. The van der Waals surface area contributed by atoms with Gasteiger partial charge in [-0.05, 0) is 13.8 Å². The van der Waals surface area contributed by atoms with E-state index in [1.807, 2.05) is 0 Å². The van der Waals surface area contributed by atoms with E-state index in [2.05, 4.69) is 11.9 Å². The fourth-order valence-corrected chi connectivity index (χ4v) is 0.428. The molecule has 11 heavy (non-hydrogen) atoms. The molecule has 0 aliphatic carbocycles. The second-order valence-electron chi connectivity index (χ2n) is 2.51. The van der Waals surface area contributed by atoms with Crippen LogP contribution in [0.3, 0.4) is 0 Å². The van der Waals surface area contributed by atoms with Gasteiger partial charge in [0.2, 0.25) is 5.91 Å². The van der Waals surface area contributed by atoms with E-state index in [1.54, 1.807) is 13.8 Å². The lowest BCUT2D eigenvalue weighted by Gasteiger charge is -2.13. The van der Waals surface area contributed by atoms with Crippen molar-refractivity contribution in [1.29, 1.82) is 0 Å². The maximum atomic E-state index is 10.9. The van der Waals surface area contributed by atoms with E-state index in [4.69, 9.17) is 10.8 Å². The van der Waals surface area contributed by atoms with Crippen LogP contribution < -0.4 is 11.1 Å². The van der Waals surface area contributed by atoms with Crippen LogP contribution >= 0.6 is 0 Å². The molecule has 0 radical (unpaired) electrons. The highest BCUT2D eigenvalue weighted by Gasteiger charge is 2.11. The van der Waals surface area contributed by atoms with Crippen LogP contribution in [0.2, 0.25) is 0 Å². The number of nitrogens with one attached hydrogen (secondary N) is 1. The molecule has 4 N–H and O–H groups in total. The summed E-state index contributed by atoms with van der Waals surface area (Å²) in [4.78, 5) is 10.9. The molecule has 1 amide bonds. The Hall–Kier alpha value is -1.03. The molecule has 4 heteroatoms. The topological polar surface area (TPSA) is 75.3 Å². The standard InChI is InChI=1S/C7H14N2O2/c1-4(8)7(11)9-5(2)6(3)10/h4-5,10H,3,8H2,1-2H3,(H,9,11)/t4-,5-/m0/s1. The number of hydrogen-bond acceptors (Lipinski definition) is 3. The quantitative estimate of drug-likeness (QED) is 0.502. The molecule has 0 saturated carbocycles. The lowest BCUT2D eigenvalue weighted by atomic mass is 10.2. The Morgan fingerprint density at radius 3 is 2.36 bits per heavy atom. The van der Waals surface area contributed by atoms with Crippen molar-refractivity contribution in [3.05, 3.63) is 12.3 Å². The second-order valence-corrected chi connectivity index (χ2v) is 2.51. The van der Waals surface area contributed by atoms with E-state index in [9.17, 15) is 4.79 Å². The van der Waals surface area contributed by atoms with Crippen LogP contribution in [0.25, 0.3) is 0 Å². The summed E-state index contributed by atoms with van der Waals surface area (Å²) < 4.78 is 0. The van der Waals surface area contributed by atoms with Gasteiger partial charge in [0.15, 0.2) is 0 Å². The Morgan fingerprint density at radius 1 is 1.64 bits per heavy atom. The molecule has 0 spiro atoms. The van der Waals surface area contributed by atoms with Crippen molar-refractivity contribution in [3.63, 3.8) is 0 Å². The molecule has 2 atom stereocenters. The normalized spacial score (nSPS) is 15.2. The third kappa shape index (κ3) is 3.62. The van der Waals surface area contributed by atoms with E-state index < -0.39 is 12.1 Å². The zero-order valence-electron chi connectivity index (χ0n) is 6.79. The Labute approximate surface area is 66.1 Å². The van der Waals surface area contributed by atoms with Gasteiger partial charge in [-0.2, -0.15) is 0 Å². The van der Waals surface area contributed by atoms with E-state index in [0.717, 1.165) is 0 Å². The first-order chi connectivity index (χ1) is 4.95. The molecule has 64 valence electrons. The van der Waals surface area contributed by atoms with Crippen molar-refractivity contribution >= 4 is 5.91 Å². The Bertz CT molecular complexity index is 166. The molecule has 0 fully saturated rings. The van der Waals surface area contributed by atoms with Crippen LogP contribution in [0.1, 0.15) is 13.8 Å². The lowest BCUT2D eigenvalue weighted by Crippen LogP contribution is -2.43. The highest BCUT2D eigenvalue weighted by atomic mass is 16.3. The number of aliphatic hydroxyl groups is 1. The summed E-state index contributed by atoms with van der Waals surface area (Å²) in [7, 11) is 0. The van der Waals surface area contributed by atoms with Crippen molar-refractivity contribution in [2.24, 2.45) is 5.73 Å². The third-order valence-corrected chi connectivity index (χ3v) is 1.27. The molecule has 0 aliphatic heterocycles. The van der Waals surface area contributed by atoms with Crippen LogP contribution in [0.4, 0.5) is 0 Å². The first kappa shape index (κ1) is 9.97. The minimum absolute atomic E-state index is 0.0704. The van der Waals surface area contributed by atoms with Gasteiger partial charge < -0.3 is 16.2 Å². The van der Waals surface area contributed by atoms with Crippen molar-refractivity contribution in [1.82, 2.24) is 5.32 Å². The predicted molar refractivity (Wildman–Crippen MR) is 43.0 cm³/mol. The van der Waals surface area contributed by atoms with Gasteiger partial charge in [-0.1, -0.05) is 6.58 Å². The van der Waals surface area contributed by atoms with Crippen LogP contribution in [0.5, 0.6) is 0 Å². The maximum Gasteiger partial charge on any atom is 0.237 e. The summed E-state index contributed by atoms with van der Waals surface area (Å²) in [6.07, 6.45) is 0. The number of carbonyl (C=O) groups excluding carboxylic acids is 1. The first-order valence-corrected chi connectivity index (χ1v) is 3.39. The fraction of sp³-hybridized carbons (Fsp3) is 0.571. The average Bonchev–Trinajstić information content (AvgIpc) is 1.87. The Kier molecular flexibility index (Phi) is 3.60. The maximum absolute atomic E-state index is 10.9. The summed E-state index contributed by atoms with van der Waals surface area (Å²) in [6.45, 7) is 6.47. The monoisotopic (exact) mass is 158 g/mol. The third-order valence-electron chi connectivity index (χ3n) is 1.27. The van der Waals surface area contributed by atoms with Crippen LogP contribution in [-0.2, 0) is 4.79 Å². The molecule has 0 rings (SSSR count). The minimum atomic E-state index is -0.559. The van der Waals surface area contributed by atoms with Crippen LogP contribution in [0.15, 0.2) is 12.3 Å². The van der Waals surface area contributed by atoms with Crippen molar-refractivity contribution in [2.75, 3.05) is 0 Å². The van der Waals surface area contributed by atoms with E-state index in [-0.39, 0.29) is 11.7 Å². The largest absolute Gasteiger partial charge is 0.511 e. The molecule has 0 heterocycles. The van der Waals surface area contributed by atoms with Gasteiger partial charge in [0.1, 0.15) is 5.76 Å². The van der Waals surface area contributed by atoms with E-state index in [1.165, 1.54) is 0 Å². The molecule has 4 nitrogen and oxygen atoms in total. The molecule has 0 unspecified atom stereocenters. The molecule has 0 aliphatic rings. The zero-order valence-corrected chi connectivity index (χ0v) is 6.79. The van der Waals surface area contributed by atoms with Gasteiger partial charge in [-0.15, -0.1) is 0 Å². The highest BCUT2D eigenvalue weighted by Crippen LogP contribution is 1.92. The van der Waals surface area contributed by atoms with Crippen LogP contribution in [0, 0.1) is 0 Å². The smallest absolute Gasteiger partial charge is 0.237 e. The van der Waals surface area contributed by atoms with Gasteiger partial charge >= 0.3 is 0 Å². The average molecular weight is 158 g/mol. The van der Waals surface area contributed by atoms with Gasteiger partial charge in [0, 0.05) is 0 Å². The van der Waals surface area contributed by atoms with Crippen LogP contribution in [-0.4, -0.2) is 23.1 Å². The molecule has 0 aromatic heterocycles. The molecular weight excluding hydrogens is 144 g/mol. The molecule has 0 bridgehead atoms. The van der Waals surface area contributed by atoms with Gasteiger partial charge in [-0.3, -0.25) is 4.79 Å². The minimum Gasteiger partial charge on any atom is -0.511 e. The summed E-state index contributed by atoms with van der Waals surface area (Å²) in [5.41, 5.74) is 5.26. The second kappa shape index (κ2) is 3.98. The van der Waals surface area contributed by atoms with Gasteiger partial charge in [-0.25, -0.2) is 0 Å². The molecular formula is C7H14N2O2. The SMILES string of the molecule is C=C(O)[C@H](C)NC(=O)[C@H](C)N. The zero-order chi connectivity index (χ0) is 9.02. The summed E-state index contributed by atoms with van der Waals surface area (Å²) >= 11 is 0. The number of hydrogen-bond donors (Lipinski definition) is 3. The predicted octanol–water partition coefficient (Wildman–Crippen LogP) is -0.0900. The number of rotatable bonds is 3. The van der Waals surface area contributed by atoms with Gasteiger partial charge in [0.25, 0.3) is 0 Å². The summed E-state index contributed by atoms with van der Waals surface area (Å²) in [5, 5.41) is 11.3. The van der Waals surface area contributed by atoms with Gasteiger partial charge in [0.05, 0.1) is 12.1 Å². The van der Waals surface area contributed by atoms with Crippen molar-refractivity contribution in [3.8, 4) is 0 Å². The number of carbonyl (C=O) groups is 1. The molecule has 0 aromatic rings. The number of nitrogens with two attached hydrogens (primary N) is 1. The summed E-state index contributed by atoms with van der Waals surface area (Å²) in [5.74, 6) is -0.369. The molecule has 0 aromatic carbocycles. The molecule has 0 saturated heterocycles. The van der Waals surface area contributed by atoms with Crippen molar-refractivity contribution in [2.45, 2.75) is 25.9 Å². The van der Waals surface area contributed by atoms with Crippen molar-refractivity contribution < 1.29 is 9.90 Å². The number of aliphatic hydroxyl groups excluding tert-OH is 1. The first-order valence-electron chi connectivity index (χ1n) is 3.39. The van der Waals surface area contributed by atoms with E-state index in [0.29, 0.717) is 0 Å². The lowest BCUT2D eigenvalue weighted by molar-refractivity contribution is -0.122. The van der Waals surface area contributed by atoms with E-state index >= 15 is 0 Å². The Morgan fingerprint density at radius 2 is 2.09 bits per heavy atom. The number of amides is 1. The fourth-order valence-electron chi connectivity index (χ4n) is 0.428.